The van der Waals surface area contributed by atoms with E-state index in [0.717, 1.165) is 32.5 Å². The maximum absolute atomic E-state index is 13.0. The highest BCUT2D eigenvalue weighted by Gasteiger charge is 2.29. The fourth-order valence-electron chi connectivity index (χ4n) is 4.15. The summed E-state index contributed by atoms with van der Waals surface area (Å²) >= 11 is 0. The van der Waals surface area contributed by atoms with Crippen LogP contribution in [0.5, 0.6) is 0 Å². The number of amides is 1. The fraction of sp³-hybridized carbons (Fsp3) is 0.179. The molecule has 10 heteroatoms. The number of benzene rings is 4. The van der Waals surface area contributed by atoms with Crippen molar-refractivity contribution in [1.29, 1.82) is 0 Å². The van der Waals surface area contributed by atoms with Gasteiger partial charge in [-0.25, -0.2) is 16.8 Å². The number of aryl methyl sites for hydroxylation is 2. The van der Waals surface area contributed by atoms with Crippen molar-refractivity contribution in [2.75, 3.05) is 20.6 Å². The molecule has 0 aromatic heterocycles. The van der Waals surface area contributed by atoms with Gasteiger partial charge in [-0.05, 0) is 79.7 Å². The molecule has 0 aliphatic carbocycles. The van der Waals surface area contributed by atoms with Gasteiger partial charge in [0.05, 0.1) is 22.5 Å². The molecule has 0 bridgehead atoms. The number of anilines is 3. The van der Waals surface area contributed by atoms with Crippen LogP contribution in [0.15, 0.2) is 89.8 Å². The lowest BCUT2D eigenvalue weighted by Crippen LogP contribution is -2.45. The Labute approximate surface area is 223 Å². The topological polar surface area (TPSA) is 113 Å². The van der Waals surface area contributed by atoms with Crippen LogP contribution in [0.2, 0.25) is 0 Å². The minimum Gasteiger partial charge on any atom is -0.324 e. The molecule has 0 unspecified atom stereocenters. The number of rotatable bonds is 8. The van der Waals surface area contributed by atoms with E-state index in [1.165, 1.54) is 31.2 Å². The molecule has 0 fully saturated rings. The number of nitrogens with zero attached hydrogens (tertiary/aromatic N) is 1. The third-order valence-electron chi connectivity index (χ3n) is 6.30. The summed E-state index contributed by atoms with van der Waals surface area (Å²) < 4.78 is 54.9. The smallest absolute Gasteiger partial charge is 0.261 e. The summed E-state index contributed by atoms with van der Waals surface area (Å²) in [5.74, 6) is -0.557. The highest BCUT2D eigenvalue weighted by molar-refractivity contribution is 7.92. The van der Waals surface area contributed by atoms with Crippen molar-refractivity contribution in [1.82, 2.24) is 0 Å². The third-order valence-corrected chi connectivity index (χ3v) is 8.92. The zero-order chi connectivity index (χ0) is 27.7. The summed E-state index contributed by atoms with van der Waals surface area (Å²) in [6.45, 7) is 5.29. The molecule has 0 aliphatic heterocycles. The molecule has 0 radical (unpaired) electrons. The summed E-state index contributed by atoms with van der Waals surface area (Å²) in [6, 6.07) is 22.6. The number of fused-ring (bicyclic) bond motifs is 1. The van der Waals surface area contributed by atoms with E-state index in [1.807, 2.05) is 44.2 Å². The van der Waals surface area contributed by atoms with Gasteiger partial charge in [-0.15, -0.1) is 0 Å². The maximum atomic E-state index is 13.0. The zero-order valence-corrected chi connectivity index (χ0v) is 23.1. The van der Waals surface area contributed by atoms with Crippen molar-refractivity contribution in [2.45, 2.75) is 31.7 Å². The fourth-order valence-corrected chi connectivity index (χ4v) is 6.40. The molecule has 1 amide bonds. The van der Waals surface area contributed by atoms with E-state index in [-0.39, 0.29) is 4.90 Å². The number of sulfonamides is 2. The standard InChI is InChI=1S/C28H29N3O5S2/c1-19-12-15-24(18-20(19)2)31(37(4,33)34)21(3)28(32)29-23-13-16-25(17-14-23)38(35,36)30-27-11-7-9-22-8-5-6-10-26(22)27/h5-18,21,30H,1-4H3,(H,29,32)/t21-/m1/s1. The van der Waals surface area contributed by atoms with E-state index >= 15 is 0 Å². The Kier molecular flexibility index (Phi) is 7.48. The first-order valence-corrected chi connectivity index (χ1v) is 15.2. The monoisotopic (exact) mass is 551 g/mol. The molecule has 1 atom stereocenters. The van der Waals surface area contributed by atoms with Gasteiger partial charge in [-0.3, -0.25) is 13.8 Å². The lowest BCUT2D eigenvalue weighted by Gasteiger charge is -2.28. The first-order valence-electron chi connectivity index (χ1n) is 11.8. The number of nitrogens with one attached hydrogen (secondary N) is 2. The van der Waals surface area contributed by atoms with E-state index in [0.29, 0.717) is 17.1 Å². The number of hydrogen-bond acceptors (Lipinski definition) is 5. The van der Waals surface area contributed by atoms with Gasteiger partial charge in [0, 0.05) is 11.1 Å². The van der Waals surface area contributed by atoms with Gasteiger partial charge >= 0.3 is 0 Å². The average molecular weight is 552 g/mol. The summed E-state index contributed by atoms with van der Waals surface area (Å²) in [4.78, 5) is 13.0. The molecule has 4 aromatic rings. The van der Waals surface area contributed by atoms with Crippen LogP contribution in [0.25, 0.3) is 10.8 Å². The Morgan fingerprint density at radius 2 is 1.47 bits per heavy atom. The van der Waals surface area contributed by atoms with Crippen molar-refractivity contribution in [3.8, 4) is 0 Å². The van der Waals surface area contributed by atoms with E-state index in [4.69, 9.17) is 0 Å². The van der Waals surface area contributed by atoms with E-state index in [1.54, 1.807) is 30.3 Å². The molecule has 4 rings (SSSR count). The van der Waals surface area contributed by atoms with Gasteiger partial charge < -0.3 is 5.32 Å². The Morgan fingerprint density at radius 1 is 0.816 bits per heavy atom. The van der Waals surface area contributed by atoms with Crippen LogP contribution in [0.3, 0.4) is 0 Å². The summed E-state index contributed by atoms with van der Waals surface area (Å²) in [5.41, 5.74) is 3.09. The lowest BCUT2D eigenvalue weighted by atomic mass is 10.1. The first-order chi connectivity index (χ1) is 17.9. The molecule has 0 heterocycles. The number of carbonyl (C=O) groups is 1. The first kappa shape index (κ1) is 27.2. The van der Waals surface area contributed by atoms with Crippen molar-refractivity contribution >= 4 is 53.8 Å². The van der Waals surface area contributed by atoms with Crippen LogP contribution in [0.1, 0.15) is 18.1 Å². The largest absolute Gasteiger partial charge is 0.324 e. The van der Waals surface area contributed by atoms with E-state index < -0.39 is 32.0 Å². The van der Waals surface area contributed by atoms with Crippen molar-refractivity contribution in [3.05, 3.63) is 96.1 Å². The van der Waals surface area contributed by atoms with Crippen LogP contribution in [0.4, 0.5) is 17.1 Å². The van der Waals surface area contributed by atoms with E-state index in [2.05, 4.69) is 10.0 Å². The van der Waals surface area contributed by atoms with Crippen LogP contribution >= 0.6 is 0 Å². The van der Waals surface area contributed by atoms with Gasteiger partial charge in [-0.2, -0.15) is 0 Å². The molecular formula is C28H29N3O5S2. The van der Waals surface area contributed by atoms with Crippen molar-refractivity contribution in [2.24, 2.45) is 0 Å². The molecule has 38 heavy (non-hydrogen) atoms. The third kappa shape index (κ3) is 5.81. The van der Waals surface area contributed by atoms with Crippen molar-refractivity contribution < 1.29 is 21.6 Å². The predicted octanol–water partition coefficient (Wildman–Crippen LogP) is 5.05. The molecule has 0 aliphatic rings. The van der Waals surface area contributed by atoms with Crippen LogP contribution in [-0.2, 0) is 24.8 Å². The molecule has 2 N–H and O–H groups in total. The summed E-state index contributed by atoms with van der Waals surface area (Å²) in [6.07, 6.45) is 1.05. The van der Waals surface area contributed by atoms with Gasteiger partial charge in [0.25, 0.3) is 10.0 Å². The highest BCUT2D eigenvalue weighted by atomic mass is 32.2. The molecule has 198 valence electrons. The second-order valence-electron chi connectivity index (χ2n) is 9.15. The Morgan fingerprint density at radius 3 is 2.13 bits per heavy atom. The lowest BCUT2D eigenvalue weighted by molar-refractivity contribution is -0.116. The minimum atomic E-state index is -3.89. The zero-order valence-electron chi connectivity index (χ0n) is 21.5. The summed E-state index contributed by atoms with van der Waals surface area (Å²) in [5, 5.41) is 4.36. The quantitative estimate of drug-likeness (QED) is 0.318. The van der Waals surface area contributed by atoms with Crippen LogP contribution < -0.4 is 14.3 Å². The molecular weight excluding hydrogens is 522 g/mol. The van der Waals surface area contributed by atoms with Gasteiger partial charge in [-0.1, -0.05) is 42.5 Å². The van der Waals surface area contributed by atoms with Crippen LogP contribution in [-0.4, -0.2) is 35.0 Å². The Hall–Kier alpha value is -3.89. The predicted molar refractivity (Wildman–Crippen MR) is 153 cm³/mol. The summed E-state index contributed by atoms with van der Waals surface area (Å²) in [7, 11) is -7.66. The molecule has 0 spiro atoms. The SMILES string of the molecule is Cc1ccc(N([C@H](C)C(=O)Nc2ccc(S(=O)(=O)Nc3cccc4ccccc34)cc2)S(C)(=O)=O)cc1C. The van der Waals surface area contributed by atoms with Gasteiger partial charge in [0.15, 0.2) is 0 Å². The Bertz CT molecular complexity index is 1710. The van der Waals surface area contributed by atoms with E-state index in [9.17, 15) is 21.6 Å². The molecule has 4 aromatic carbocycles. The number of carbonyl (C=O) groups excluding carboxylic acids is 1. The second-order valence-corrected chi connectivity index (χ2v) is 12.7. The minimum absolute atomic E-state index is 0.0179. The molecule has 8 nitrogen and oxygen atoms in total. The molecule has 0 saturated carbocycles. The van der Waals surface area contributed by atoms with Gasteiger partial charge in [0.2, 0.25) is 15.9 Å². The van der Waals surface area contributed by atoms with Gasteiger partial charge in [0.1, 0.15) is 6.04 Å². The highest BCUT2D eigenvalue weighted by Crippen LogP contribution is 2.27. The number of hydrogen-bond donors (Lipinski definition) is 2. The van der Waals surface area contributed by atoms with Crippen molar-refractivity contribution in [3.63, 3.8) is 0 Å². The normalized spacial score (nSPS) is 12.6. The maximum Gasteiger partial charge on any atom is 0.261 e. The second kappa shape index (κ2) is 10.5. The van der Waals surface area contributed by atoms with Crippen LogP contribution in [0, 0.1) is 13.8 Å². The molecule has 0 saturated heterocycles. The Balaban J connectivity index is 1.52. The average Bonchev–Trinajstić information content (AvgIpc) is 2.86.